The van der Waals surface area contributed by atoms with E-state index in [9.17, 15) is 9.59 Å². The van der Waals surface area contributed by atoms with E-state index in [0.717, 1.165) is 59.8 Å². The van der Waals surface area contributed by atoms with Crippen LogP contribution >= 0.6 is 11.3 Å². The molecule has 0 saturated heterocycles. The molecule has 5 rings (SSSR count). The number of anilines is 1. The minimum atomic E-state index is -0.361. The number of carbonyl (C=O) groups is 2. The Labute approximate surface area is 221 Å². The third-order valence-corrected chi connectivity index (χ3v) is 8.17. The minimum absolute atomic E-state index is 0.234. The SMILES string of the molecule is Cc1ccc(-c2cc(C(=O)Nc3sc4c(c3C(=O)OC(C)C)CCCCC4)c3ccccc3n2)cc1C. The number of hydrogen-bond acceptors (Lipinski definition) is 5. The van der Waals surface area contributed by atoms with E-state index < -0.39 is 0 Å². The summed E-state index contributed by atoms with van der Waals surface area (Å²) < 4.78 is 5.60. The highest BCUT2D eigenvalue weighted by atomic mass is 32.1. The number of thiophene rings is 1. The largest absolute Gasteiger partial charge is 0.459 e. The highest BCUT2D eigenvalue weighted by molar-refractivity contribution is 7.17. The molecule has 0 bridgehead atoms. The Kier molecular flexibility index (Phi) is 7.11. The number of fused-ring (bicyclic) bond motifs is 2. The molecule has 0 atom stereocenters. The van der Waals surface area contributed by atoms with Crippen molar-refractivity contribution in [3.05, 3.63) is 81.2 Å². The van der Waals surface area contributed by atoms with Gasteiger partial charge in [-0.2, -0.15) is 0 Å². The zero-order valence-electron chi connectivity index (χ0n) is 21.8. The van der Waals surface area contributed by atoms with Crippen LogP contribution in [0.5, 0.6) is 0 Å². The quantitative estimate of drug-likeness (QED) is 0.220. The highest BCUT2D eigenvalue weighted by Gasteiger charge is 2.28. The van der Waals surface area contributed by atoms with Gasteiger partial charge in [0.05, 0.1) is 28.4 Å². The lowest BCUT2D eigenvalue weighted by atomic mass is 10.0. The number of rotatable bonds is 5. The molecule has 5 nitrogen and oxygen atoms in total. The third-order valence-electron chi connectivity index (χ3n) is 6.96. The zero-order chi connectivity index (χ0) is 26.1. The predicted molar refractivity (Wildman–Crippen MR) is 151 cm³/mol. The molecule has 2 heterocycles. The number of pyridine rings is 1. The second kappa shape index (κ2) is 10.5. The average Bonchev–Trinajstić information content (AvgIpc) is 3.04. The van der Waals surface area contributed by atoms with E-state index in [0.29, 0.717) is 16.1 Å². The summed E-state index contributed by atoms with van der Waals surface area (Å²) in [5, 5.41) is 4.46. The molecule has 4 aromatic rings. The number of amides is 1. The van der Waals surface area contributed by atoms with Crippen LogP contribution in [0, 0.1) is 13.8 Å². The fourth-order valence-electron chi connectivity index (χ4n) is 4.90. The van der Waals surface area contributed by atoms with Crippen LogP contribution in [0.25, 0.3) is 22.2 Å². The van der Waals surface area contributed by atoms with Gasteiger partial charge in [0.1, 0.15) is 5.00 Å². The number of aromatic nitrogens is 1. The number of nitrogens with one attached hydrogen (secondary N) is 1. The van der Waals surface area contributed by atoms with Crippen LogP contribution in [-0.4, -0.2) is 23.0 Å². The Morgan fingerprint density at radius 3 is 2.54 bits per heavy atom. The van der Waals surface area contributed by atoms with Gasteiger partial charge < -0.3 is 10.1 Å². The Morgan fingerprint density at radius 1 is 0.973 bits per heavy atom. The summed E-state index contributed by atoms with van der Waals surface area (Å²) in [7, 11) is 0. The van der Waals surface area contributed by atoms with Gasteiger partial charge in [-0.05, 0) is 88.3 Å². The van der Waals surface area contributed by atoms with E-state index in [1.807, 2.05) is 50.2 Å². The number of carbonyl (C=O) groups excluding carboxylic acids is 2. The molecule has 6 heteroatoms. The molecule has 1 amide bonds. The van der Waals surface area contributed by atoms with E-state index in [1.54, 1.807) is 0 Å². The summed E-state index contributed by atoms with van der Waals surface area (Å²) in [6, 6.07) is 15.8. The van der Waals surface area contributed by atoms with Crippen molar-refractivity contribution in [1.82, 2.24) is 4.98 Å². The van der Waals surface area contributed by atoms with Gasteiger partial charge >= 0.3 is 5.97 Å². The molecule has 190 valence electrons. The van der Waals surface area contributed by atoms with E-state index in [-0.39, 0.29) is 18.0 Å². The van der Waals surface area contributed by atoms with Crippen LogP contribution < -0.4 is 5.32 Å². The van der Waals surface area contributed by atoms with Crippen LogP contribution in [0.3, 0.4) is 0 Å². The van der Waals surface area contributed by atoms with Crippen molar-refractivity contribution in [2.75, 3.05) is 5.32 Å². The van der Waals surface area contributed by atoms with Crippen LogP contribution in [0.2, 0.25) is 0 Å². The minimum Gasteiger partial charge on any atom is -0.459 e. The van der Waals surface area contributed by atoms with E-state index in [1.165, 1.54) is 27.3 Å². The summed E-state index contributed by atoms with van der Waals surface area (Å²) in [6.07, 6.45) is 4.79. The van der Waals surface area contributed by atoms with Crippen molar-refractivity contribution in [1.29, 1.82) is 0 Å². The molecule has 1 N–H and O–H groups in total. The van der Waals surface area contributed by atoms with Gasteiger partial charge in [-0.15, -0.1) is 11.3 Å². The normalized spacial score (nSPS) is 13.3. The van der Waals surface area contributed by atoms with Crippen LogP contribution in [0.4, 0.5) is 5.00 Å². The first kappa shape index (κ1) is 25.2. The number of esters is 1. The highest BCUT2D eigenvalue weighted by Crippen LogP contribution is 2.39. The lowest BCUT2D eigenvalue weighted by Crippen LogP contribution is -2.18. The van der Waals surface area contributed by atoms with Crippen molar-refractivity contribution < 1.29 is 14.3 Å². The Morgan fingerprint density at radius 2 is 1.76 bits per heavy atom. The van der Waals surface area contributed by atoms with Gasteiger partial charge in [-0.25, -0.2) is 9.78 Å². The van der Waals surface area contributed by atoms with Crippen molar-refractivity contribution in [2.24, 2.45) is 0 Å². The number of aryl methyl sites for hydroxylation is 3. The van der Waals surface area contributed by atoms with Crippen molar-refractivity contribution >= 4 is 39.1 Å². The number of benzene rings is 2. The van der Waals surface area contributed by atoms with E-state index in [2.05, 4.69) is 31.3 Å². The molecule has 0 unspecified atom stereocenters. The number of nitrogens with zero attached hydrogens (tertiary/aromatic N) is 1. The van der Waals surface area contributed by atoms with Crippen LogP contribution in [0.1, 0.15) is 75.4 Å². The molecule has 37 heavy (non-hydrogen) atoms. The summed E-state index contributed by atoms with van der Waals surface area (Å²) in [5.41, 5.74) is 6.94. The molecule has 0 spiro atoms. The maximum Gasteiger partial charge on any atom is 0.341 e. The molecule has 0 radical (unpaired) electrons. The first-order chi connectivity index (χ1) is 17.8. The Hall–Kier alpha value is -3.51. The smallest absolute Gasteiger partial charge is 0.341 e. The molecule has 2 aromatic carbocycles. The lowest BCUT2D eigenvalue weighted by molar-refractivity contribution is 0.0378. The Balaban J connectivity index is 1.58. The summed E-state index contributed by atoms with van der Waals surface area (Å²) in [4.78, 5) is 33.0. The second-order valence-electron chi connectivity index (χ2n) is 10.0. The molecule has 2 aromatic heterocycles. The second-order valence-corrected chi connectivity index (χ2v) is 11.2. The topological polar surface area (TPSA) is 68.3 Å². The van der Waals surface area contributed by atoms with Gasteiger partial charge in [0.2, 0.25) is 0 Å². The van der Waals surface area contributed by atoms with E-state index >= 15 is 0 Å². The van der Waals surface area contributed by atoms with Crippen LogP contribution in [0.15, 0.2) is 48.5 Å². The van der Waals surface area contributed by atoms with Gasteiger partial charge in [0.15, 0.2) is 0 Å². The maximum absolute atomic E-state index is 13.8. The number of hydrogen-bond donors (Lipinski definition) is 1. The third kappa shape index (κ3) is 5.16. The van der Waals surface area contributed by atoms with Gasteiger partial charge in [-0.1, -0.05) is 36.8 Å². The predicted octanol–water partition coefficient (Wildman–Crippen LogP) is 7.67. The summed E-state index contributed by atoms with van der Waals surface area (Å²) >= 11 is 1.51. The molecule has 0 fully saturated rings. The number of para-hydroxylation sites is 1. The van der Waals surface area contributed by atoms with Crippen molar-refractivity contribution in [3.8, 4) is 11.3 Å². The maximum atomic E-state index is 13.8. The van der Waals surface area contributed by atoms with Gasteiger partial charge in [-0.3, -0.25) is 4.79 Å². The lowest BCUT2D eigenvalue weighted by Gasteiger charge is -2.13. The fraction of sp³-hybridized carbons (Fsp3) is 0.323. The molecule has 1 aliphatic rings. The molecule has 1 aliphatic carbocycles. The fourth-order valence-corrected chi connectivity index (χ4v) is 6.17. The van der Waals surface area contributed by atoms with Crippen LogP contribution in [-0.2, 0) is 17.6 Å². The molecular weight excluding hydrogens is 480 g/mol. The molecule has 0 aliphatic heterocycles. The molecular formula is C31H32N2O3S. The Bertz CT molecular complexity index is 1500. The average molecular weight is 513 g/mol. The summed E-state index contributed by atoms with van der Waals surface area (Å²) in [5.74, 6) is -0.612. The van der Waals surface area contributed by atoms with Gasteiger partial charge in [0.25, 0.3) is 5.91 Å². The monoisotopic (exact) mass is 512 g/mol. The molecule has 0 saturated carbocycles. The van der Waals surface area contributed by atoms with Crippen molar-refractivity contribution in [2.45, 2.75) is 65.9 Å². The van der Waals surface area contributed by atoms with Gasteiger partial charge in [0, 0.05) is 15.8 Å². The first-order valence-corrected chi connectivity index (χ1v) is 13.8. The standard InChI is InChI=1S/C31H32N2O3S/c1-18(2)36-31(35)28-23-11-6-5-7-13-27(23)37-30(28)33-29(34)24-17-26(21-15-14-19(3)20(4)16-21)32-25-12-9-8-10-22(24)25/h8-10,12,14-18H,5-7,11,13H2,1-4H3,(H,33,34). The first-order valence-electron chi connectivity index (χ1n) is 13.0. The zero-order valence-corrected chi connectivity index (χ0v) is 22.6. The number of ether oxygens (including phenoxy) is 1. The van der Waals surface area contributed by atoms with Crippen molar-refractivity contribution in [3.63, 3.8) is 0 Å². The summed E-state index contributed by atoms with van der Waals surface area (Å²) in [6.45, 7) is 7.85. The van der Waals surface area contributed by atoms with E-state index in [4.69, 9.17) is 9.72 Å².